The van der Waals surface area contributed by atoms with E-state index in [1.54, 1.807) is 0 Å². The SMILES string of the molecule is CC(C)CN(I)CC(=O)I. The summed E-state index contributed by atoms with van der Waals surface area (Å²) in [7, 11) is 0. The Morgan fingerprint density at radius 1 is 1.60 bits per heavy atom. The maximum absolute atomic E-state index is 10.6. The van der Waals surface area contributed by atoms with Gasteiger partial charge in [-0.1, -0.05) is 13.8 Å². The van der Waals surface area contributed by atoms with Crippen LogP contribution in [0.25, 0.3) is 0 Å². The van der Waals surface area contributed by atoms with E-state index in [0.29, 0.717) is 12.5 Å². The van der Waals surface area contributed by atoms with E-state index >= 15 is 0 Å². The molecule has 0 N–H and O–H groups in total. The average Bonchev–Trinajstić information content (AvgIpc) is 1.58. The van der Waals surface area contributed by atoms with Crippen LogP contribution < -0.4 is 0 Å². The average molecular weight is 367 g/mol. The zero-order chi connectivity index (χ0) is 8.15. The molecule has 0 saturated carbocycles. The van der Waals surface area contributed by atoms with E-state index in [0.717, 1.165) is 6.54 Å². The third-order valence-electron chi connectivity index (χ3n) is 0.859. The molecule has 0 aliphatic carbocycles. The minimum Gasteiger partial charge on any atom is -0.286 e. The topological polar surface area (TPSA) is 20.3 Å². The van der Waals surface area contributed by atoms with Gasteiger partial charge >= 0.3 is 0 Å². The maximum Gasteiger partial charge on any atom is 0.207 e. The van der Waals surface area contributed by atoms with Crippen LogP contribution in [0.2, 0.25) is 0 Å². The van der Waals surface area contributed by atoms with E-state index in [2.05, 4.69) is 36.7 Å². The Kier molecular flexibility index (Phi) is 6.33. The molecule has 0 bridgehead atoms. The number of hydrogen-bond donors (Lipinski definition) is 0. The van der Waals surface area contributed by atoms with Crippen molar-refractivity contribution in [1.29, 1.82) is 0 Å². The molecule has 2 nitrogen and oxygen atoms in total. The van der Waals surface area contributed by atoms with Crippen LogP contribution in [-0.4, -0.2) is 20.0 Å². The molecule has 0 aliphatic rings. The molecule has 0 aromatic rings. The van der Waals surface area contributed by atoms with Crippen LogP contribution in [0.5, 0.6) is 0 Å². The van der Waals surface area contributed by atoms with E-state index in [4.69, 9.17) is 0 Å². The second-order valence-corrected chi connectivity index (χ2v) is 5.12. The highest BCUT2D eigenvalue weighted by Crippen LogP contribution is 2.05. The molecule has 0 atom stereocenters. The molecule has 0 aromatic carbocycles. The first-order chi connectivity index (χ1) is 4.52. The highest BCUT2D eigenvalue weighted by molar-refractivity contribution is 14.1. The zero-order valence-electron chi connectivity index (χ0n) is 6.10. The van der Waals surface area contributed by atoms with Crippen LogP contribution in [0.3, 0.4) is 0 Å². The van der Waals surface area contributed by atoms with Crippen molar-refractivity contribution in [3.05, 3.63) is 0 Å². The Labute approximate surface area is 89.4 Å². The Hall–Kier alpha value is 1.09. The van der Waals surface area contributed by atoms with Crippen molar-refractivity contribution in [2.45, 2.75) is 13.8 Å². The van der Waals surface area contributed by atoms with Gasteiger partial charge in [-0.25, -0.2) is 3.11 Å². The summed E-state index contributed by atoms with van der Waals surface area (Å²) in [5, 5.41) is 0. The van der Waals surface area contributed by atoms with Crippen molar-refractivity contribution in [2.24, 2.45) is 5.92 Å². The number of nitrogens with zero attached hydrogens (tertiary/aromatic N) is 1. The Balaban J connectivity index is 3.43. The van der Waals surface area contributed by atoms with Crippen LogP contribution in [0, 0.1) is 5.92 Å². The minimum atomic E-state index is 0.202. The quantitative estimate of drug-likeness (QED) is 0.432. The summed E-state index contributed by atoms with van der Waals surface area (Å²) in [6.07, 6.45) is 0. The highest BCUT2D eigenvalue weighted by atomic mass is 127. The second kappa shape index (κ2) is 5.70. The molecule has 0 unspecified atom stereocenters. The molecular weight excluding hydrogens is 356 g/mol. The summed E-state index contributed by atoms with van der Waals surface area (Å²) in [5.74, 6) is 0.632. The predicted octanol–water partition coefficient (Wildman–Crippen LogP) is 2.26. The van der Waals surface area contributed by atoms with Gasteiger partial charge in [0.05, 0.1) is 6.54 Å². The van der Waals surface area contributed by atoms with E-state index in [9.17, 15) is 4.79 Å². The van der Waals surface area contributed by atoms with E-state index in [-0.39, 0.29) is 3.79 Å². The van der Waals surface area contributed by atoms with Crippen molar-refractivity contribution in [3.63, 3.8) is 0 Å². The van der Waals surface area contributed by atoms with Crippen LogP contribution in [0.4, 0.5) is 0 Å². The van der Waals surface area contributed by atoms with Crippen molar-refractivity contribution in [3.8, 4) is 0 Å². The van der Waals surface area contributed by atoms with Crippen molar-refractivity contribution in [2.75, 3.05) is 13.1 Å². The van der Waals surface area contributed by atoms with Gasteiger partial charge in [0.2, 0.25) is 3.79 Å². The molecule has 0 spiro atoms. The lowest BCUT2D eigenvalue weighted by molar-refractivity contribution is -0.109. The van der Waals surface area contributed by atoms with Gasteiger partial charge in [-0.05, 0) is 5.92 Å². The fraction of sp³-hybridized carbons (Fsp3) is 0.833. The molecule has 0 amide bonds. The van der Waals surface area contributed by atoms with E-state index in [1.165, 1.54) is 0 Å². The Morgan fingerprint density at radius 3 is 2.40 bits per heavy atom. The summed E-state index contributed by atoms with van der Waals surface area (Å²) in [6, 6.07) is 0. The molecule has 0 fully saturated rings. The number of halogens is 2. The molecule has 0 aromatic heterocycles. The first-order valence-corrected chi connectivity index (χ1v) is 5.15. The van der Waals surface area contributed by atoms with Crippen LogP contribution in [-0.2, 0) is 4.79 Å². The van der Waals surface area contributed by atoms with Gasteiger partial charge < -0.3 is 0 Å². The first-order valence-electron chi connectivity index (χ1n) is 3.11. The smallest absolute Gasteiger partial charge is 0.207 e. The predicted molar refractivity (Wildman–Crippen MR) is 59.5 cm³/mol. The first kappa shape index (κ1) is 11.1. The van der Waals surface area contributed by atoms with E-state index in [1.807, 2.05) is 25.7 Å². The largest absolute Gasteiger partial charge is 0.286 e. The minimum absolute atomic E-state index is 0.202. The van der Waals surface area contributed by atoms with Crippen molar-refractivity contribution in [1.82, 2.24) is 3.11 Å². The molecule has 0 aliphatic heterocycles. The van der Waals surface area contributed by atoms with Crippen LogP contribution >= 0.6 is 45.5 Å². The maximum atomic E-state index is 10.6. The lowest BCUT2D eigenvalue weighted by Gasteiger charge is -2.13. The van der Waals surface area contributed by atoms with Gasteiger partial charge in [-0.15, -0.1) is 0 Å². The van der Waals surface area contributed by atoms with E-state index < -0.39 is 0 Å². The Morgan fingerprint density at radius 2 is 2.10 bits per heavy atom. The monoisotopic (exact) mass is 367 g/mol. The summed E-state index contributed by atoms with van der Waals surface area (Å²) in [5.41, 5.74) is 0. The molecule has 60 valence electrons. The van der Waals surface area contributed by atoms with Gasteiger partial charge in [0.25, 0.3) is 0 Å². The molecule has 0 rings (SSSR count). The van der Waals surface area contributed by atoms with Crippen LogP contribution in [0.1, 0.15) is 13.8 Å². The zero-order valence-corrected chi connectivity index (χ0v) is 10.4. The second-order valence-electron chi connectivity index (χ2n) is 2.55. The summed E-state index contributed by atoms with van der Waals surface area (Å²) >= 11 is 4.00. The fourth-order valence-electron chi connectivity index (χ4n) is 0.596. The van der Waals surface area contributed by atoms with Crippen molar-refractivity contribution >= 4 is 49.2 Å². The lowest BCUT2D eigenvalue weighted by atomic mass is 10.2. The van der Waals surface area contributed by atoms with Gasteiger partial charge in [-0.2, -0.15) is 0 Å². The summed E-state index contributed by atoms with van der Waals surface area (Å²) in [6.45, 7) is 5.82. The van der Waals surface area contributed by atoms with Gasteiger partial charge in [0.1, 0.15) is 0 Å². The normalized spacial score (nSPS) is 11.0. The molecular formula is C6H11I2NO. The number of carbonyl (C=O) groups excluding carboxylic acids is 1. The summed E-state index contributed by atoms with van der Waals surface area (Å²) in [4.78, 5) is 10.6. The molecule has 0 heterocycles. The standard InChI is InChI=1S/C6H11I2NO/c1-5(2)3-9(8)4-6(7)10/h5H,3-4H2,1-2H3. The third kappa shape index (κ3) is 7.20. The molecule has 4 heteroatoms. The number of hydrogen-bond acceptors (Lipinski definition) is 2. The van der Waals surface area contributed by atoms with Crippen LogP contribution in [0.15, 0.2) is 0 Å². The fourth-order valence-corrected chi connectivity index (χ4v) is 2.76. The highest BCUT2D eigenvalue weighted by Gasteiger charge is 2.05. The van der Waals surface area contributed by atoms with Gasteiger partial charge in [0.15, 0.2) is 0 Å². The number of rotatable bonds is 4. The molecule has 10 heavy (non-hydrogen) atoms. The molecule has 0 radical (unpaired) electrons. The van der Waals surface area contributed by atoms with Crippen molar-refractivity contribution < 1.29 is 4.79 Å². The van der Waals surface area contributed by atoms with Gasteiger partial charge in [0, 0.05) is 52.0 Å². The molecule has 0 saturated heterocycles. The lowest BCUT2D eigenvalue weighted by Crippen LogP contribution is -2.21. The van der Waals surface area contributed by atoms with Gasteiger partial charge in [-0.3, -0.25) is 4.79 Å². The third-order valence-corrected chi connectivity index (χ3v) is 1.94. The Bertz CT molecular complexity index is 116. The number of carbonyl (C=O) groups is 1. The summed E-state index contributed by atoms with van der Waals surface area (Å²) < 4.78 is 2.21.